The van der Waals surface area contributed by atoms with Crippen LogP contribution in [0.1, 0.15) is 18.1 Å². The number of aryl methyl sites for hydroxylation is 2. The molecule has 126 valence electrons. The number of aromatic nitrogens is 1. The number of rotatable bonds is 5. The Morgan fingerprint density at radius 1 is 1.08 bits per heavy atom. The molecular formula is C17H18N2O4S. The van der Waals surface area contributed by atoms with E-state index < -0.39 is 15.8 Å². The number of hydrogen-bond acceptors (Lipinski definition) is 4. The Morgan fingerprint density at radius 2 is 1.75 bits per heavy atom. The van der Waals surface area contributed by atoms with Gasteiger partial charge in [0.2, 0.25) is 10.0 Å². The molecule has 0 saturated carbocycles. The summed E-state index contributed by atoms with van der Waals surface area (Å²) in [5.74, 6) is -0.525. The Labute approximate surface area is 139 Å². The normalized spacial score (nSPS) is 11.9. The monoisotopic (exact) mass is 346 g/mol. The third kappa shape index (κ3) is 3.13. The molecular weight excluding hydrogens is 328 g/mol. The summed E-state index contributed by atoms with van der Waals surface area (Å²) >= 11 is 0. The van der Waals surface area contributed by atoms with Crippen LogP contribution in [0.2, 0.25) is 0 Å². The van der Waals surface area contributed by atoms with Crippen molar-refractivity contribution in [1.82, 2.24) is 9.29 Å². The highest BCUT2D eigenvalue weighted by atomic mass is 32.2. The van der Waals surface area contributed by atoms with Crippen LogP contribution in [0.3, 0.4) is 0 Å². The predicted octanol–water partition coefficient (Wildman–Crippen LogP) is 2.17. The van der Waals surface area contributed by atoms with Gasteiger partial charge in [0.05, 0.1) is 10.4 Å². The summed E-state index contributed by atoms with van der Waals surface area (Å²) in [6, 6.07) is 12.1. The van der Waals surface area contributed by atoms with E-state index in [4.69, 9.17) is 4.42 Å². The highest BCUT2D eigenvalue weighted by Crippen LogP contribution is 2.18. The number of oxazole rings is 1. The molecule has 6 nitrogen and oxygen atoms in total. The summed E-state index contributed by atoms with van der Waals surface area (Å²) in [5, 5.41) is 0. The molecule has 3 rings (SSSR count). The Balaban J connectivity index is 1.83. The largest absolute Gasteiger partial charge is 0.419 e. The Morgan fingerprint density at radius 3 is 2.42 bits per heavy atom. The van der Waals surface area contributed by atoms with E-state index in [2.05, 4.69) is 11.6 Å². The maximum absolute atomic E-state index is 12.4. The second kappa shape index (κ2) is 6.26. The fourth-order valence-electron chi connectivity index (χ4n) is 2.44. The molecule has 0 aliphatic carbocycles. The van der Waals surface area contributed by atoms with Crippen LogP contribution in [-0.4, -0.2) is 13.0 Å². The van der Waals surface area contributed by atoms with E-state index in [1.807, 2.05) is 24.3 Å². The van der Waals surface area contributed by atoms with Gasteiger partial charge < -0.3 is 4.42 Å². The molecule has 24 heavy (non-hydrogen) atoms. The molecule has 0 amide bonds. The predicted molar refractivity (Wildman–Crippen MR) is 91.3 cm³/mol. The summed E-state index contributed by atoms with van der Waals surface area (Å²) < 4.78 is 33.8. The van der Waals surface area contributed by atoms with Crippen LogP contribution >= 0.6 is 0 Å². The molecule has 0 saturated heterocycles. The Hall–Kier alpha value is -2.38. The van der Waals surface area contributed by atoms with Gasteiger partial charge in [0, 0.05) is 19.7 Å². The zero-order valence-corrected chi connectivity index (χ0v) is 14.3. The van der Waals surface area contributed by atoms with Crippen molar-refractivity contribution < 1.29 is 12.8 Å². The summed E-state index contributed by atoms with van der Waals surface area (Å²) in [6.45, 7) is 2.26. The molecule has 0 radical (unpaired) electrons. The highest BCUT2D eigenvalue weighted by Gasteiger charge is 2.16. The zero-order valence-electron chi connectivity index (χ0n) is 13.4. The average Bonchev–Trinajstić information content (AvgIpc) is 2.87. The maximum Gasteiger partial charge on any atom is 0.419 e. The van der Waals surface area contributed by atoms with Crippen molar-refractivity contribution in [2.75, 3.05) is 0 Å². The minimum Gasteiger partial charge on any atom is -0.408 e. The van der Waals surface area contributed by atoms with Crippen molar-refractivity contribution in [2.24, 2.45) is 7.05 Å². The standard InChI is InChI=1S/C17H18N2O4S/c1-3-12-4-6-13(7-5-12)11-18-24(21,22)14-8-9-15-16(10-14)23-17(20)19(15)2/h4-10,18H,3,11H2,1-2H3. The molecule has 0 fully saturated rings. The second-order valence-electron chi connectivity index (χ2n) is 5.55. The van der Waals surface area contributed by atoms with Crippen molar-refractivity contribution in [3.8, 4) is 0 Å². The number of benzene rings is 2. The Kier molecular flexibility index (Phi) is 4.29. The lowest BCUT2D eigenvalue weighted by Crippen LogP contribution is -2.23. The lowest BCUT2D eigenvalue weighted by atomic mass is 10.1. The second-order valence-corrected chi connectivity index (χ2v) is 7.32. The fraction of sp³-hybridized carbons (Fsp3) is 0.235. The van der Waals surface area contributed by atoms with Crippen LogP contribution in [0.25, 0.3) is 11.1 Å². The first-order chi connectivity index (χ1) is 11.4. The molecule has 0 unspecified atom stereocenters. The minimum atomic E-state index is -3.69. The summed E-state index contributed by atoms with van der Waals surface area (Å²) in [4.78, 5) is 11.6. The third-order valence-corrected chi connectivity index (χ3v) is 5.37. The first-order valence-electron chi connectivity index (χ1n) is 7.58. The lowest BCUT2D eigenvalue weighted by molar-refractivity contribution is 0.527. The van der Waals surface area contributed by atoms with E-state index in [0.29, 0.717) is 5.52 Å². The van der Waals surface area contributed by atoms with Gasteiger partial charge in [-0.1, -0.05) is 31.2 Å². The van der Waals surface area contributed by atoms with Gasteiger partial charge >= 0.3 is 5.76 Å². The molecule has 0 aliphatic rings. The number of nitrogens with one attached hydrogen (secondary N) is 1. The van der Waals surface area contributed by atoms with Crippen LogP contribution in [0.4, 0.5) is 0 Å². The Bertz CT molecular complexity index is 1030. The highest BCUT2D eigenvalue weighted by molar-refractivity contribution is 7.89. The number of fused-ring (bicyclic) bond motifs is 1. The molecule has 1 heterocycles. The average molecular weight is 346 g/mol. The van der Waals surface area contributed by atoms with Gasteiger partial charge in [-0.25, -0.2) is 17.9 Å². The van der Waals surface area contributed by atoms with Gasteiger partial charge in [-0.05, 0) is 29.7 Å². The fourth-order valence-corrected chi connectivity index (χ4v) is 3.47. The van der Waals surface area contributed by atoms with Gasteiger partial charge in [-0.2, -0.15) is 0 Å². The number of nitrogens with zero attached hydrogens (tertiary/aromatic N) is 1. The lowest BCUT2D eigenvalue weighted by Gasteiger charge is -2.07. The SMILES string of the molecule is CCc1ccc(CNS(=O)(=O)c2ccc3c(c2)oc(=O)n3C)cc1. The molecule has 1 aromatic heterocycles. The van der Waals surface area contributed by atoms with Crippen molar-refractivity contribution in [2.45, 2.75) is 24.8 Å². The van der Waals surface area contributed by atoms with E-state index in [1.165, 1.54) is 22.3 Å². The summed E-state index contributed by atoms with van der Waals surface area (Å²) in [6.07, 6.45) is 0.939. The number of sulfonamides is 1. The molecule has 0 aliphatic heterocycles. The molecule has 0 bridgehead atoms. The maximum atomic E-state index is 12.4. The van der Waals surface area contributed by atoms with Gasteiger partial charge in [0.25, 0.3) is 0 Å². The number of hydrogen-bond donors (Lipinski definition) is 1. The molecule has 7 heteroatoms. The summed E-state index contributed by atoms with van der Waals surface area (Å²) in [5.41, 5.74) is 2.88. The van der Waals surface area contributed by atoms with Crippen LogP contribution < -0.4 is 10.5 Å². The topological polar surface area (TPSA) is 81.3 Å². The van der Waals surface area contributed by atoms with Crippen molar-refractivity contribution in [1.29, 1.82) is 0 Å². The van der Waals surface area contributed by atoms with Gasteiger partial charge in [0.1, 0.15) is 0 Å². The van der Waals surface area contributed by atoms with E-state index in [-0.39, 0.29) is 17.0 Å². The van der Waals surface area contributed by atoms with Crippen LogP contribution in [0.15, 0.2) is 56.6 Å². The van der Waals surface area contributed by atoms with Gasteiger partial charge in [-0.15, -0.1) is 0 Å². The first-order valence-corrected chi connectivity index (χ1v) is 9.06. The molecule has 3 aromatic rings. The van der Waals surface area contributed by atoms with Gasteiger partial charge in [-0.3, -0.25) is 4.57 Å². The molecule has 0 atom stereocenters. The summed E-state index contributed by atoms with van der Waals surface area (Å²) in [7, 11) is -2.12. The van der Waals surface area contributed by atoms with Crippen molar-refractivity contribution in [3.63, 3.8) is 0 Å². The van der Waals surface area contributed by atoms with Crippen molar-refractivity contribution in [3.05, 3.63) is 64.1 Å². The van der Waals surface area contributed by atoms with Gasteiger partial charge in [0.15, 0.2) is 5.58 Å². The molecule has 0 spiro atoms. The zero-order chi connectivity index (χ0) is 17.3. The van der Waals surface area contributed by atoms with E-state index >= 15 is 0 Å². The minimum absolute atomic E-state index is 0.0644. The quantitative estimate of drug-likeness (QED) is 0.768. The van der Waals surface area contributed by atoms with Crippen LogP contribution in [0, 0.1) is 0 Å². The molecule has 1 N–H and O–H groups in total. The third-order valence-electron chi connectivity index (χ3n) is 3.97. The first kappa shape index (κ1) is 16.5. The van der Waals surface area contributed by atoms with Crippen LogP contribution in [0.5, 0.6) is 0 Å². The van der Waals surface area contributed by atoms with E-state index in [9.17, 15) is 13.2 Å². The van der Waals surface area contributed by atoms with E-state index in [0.717, 1.165) is 12.0 Å². The molecule has 2 aromatic carbocycles. The van der Waals surface area contributed by atoms with Crippen LogP contribution in [-0.2, 0) is 30.0 Å². The van der Waals surface area contributed by atoms with E-state index in [1.54, 1.807) is 13.1 Å². The smallest absolute Gasteiger partial charge is 0.408 e. The van der Waals surface area contributed by atoms with Crippen molar-refractivity contribution >= 4 is 21.1 Å².